The lowest BCUT2D eigenvalue weighted by Gasteiger charge is -1.90. The van der Waals surface area contributed by atoms with Crippen molar-refractivity contribution in [3.63, 3.8) is 0 Å². The third-order valence-corrected chi connectivity index (χ3v) is 0.788. The number of hydrogen-bond donors (Lipinski definition) is 0. The van der Waals surface area contributed by atoms with E-state index in [1.165, 1.54) is 6.92 Å². The van der Waals surface area contributed by atoms with Crippen LogP contribution < -0.4 is 0 Å². The molecule has 0 saturated carbocycles. The molecule has 0 amide bonds. The molecule has 0 fully saturated rings. The van der Waals surface area contributed by atoms with Gasteiger partial charge in [-0.2, -0.15) is 0 Å². The van der Waals surface area contributed by atoms with Crippen LogP contribution in [-0.4, -0.2) is 11.8 Å². The van der Waals surface area contributed by atoms with E-state index in [-0.39, 0.29) is 12.2 Å². The van der Waals surface area contributed by atoms with Gasteiger partial charge in [0.15, 0.2) is 0 Å². The Morgan fingerprint density at radius 3 is 2.25 bits per heavy atom. The summed E-state index contributed by atoms with van der Waals surface area (Å²) in [4.78, 5) is 20.3. The van der Waals surface area contributed by atoms with E-state index in [0.29, 0.717) is 0 Å². The first-order valence-electron chi connectivity index (χ1n) is 2.06. The Morgan fingerprint density at radius 2 is 2.12 bits per heavy atom. The Morgan fingerprint density at radius 1 is 1.62 bits per heavy atom. The quantitative estimate of drug-likeness (QED) is 0.403. The maximum atomic E-state index is 10.2. The molecule has 0 N–H and O–H groups in total. The van der Waals surface area contributed by atoms with Crippen molar-refractivity contribution in [1.29, 1.82) is 0 Å². The van der Waals surface area contributed by atoms with Crippen molar-refractivity contribution in [3.05, 3.63) is 0 Å². The molecule has 0 aromatic carbocycles. The van der Waals surface area contributed by atoms with Gasteiger partial charge in [0.05, 0.1) is 9.47 Å². The van der Waals surface area contributed by atoms with Crippen molar-refractivity contribution in [3.8, 4) is 0 Å². The summed E-state index contributed by atoms with van der Waals surface area (Å²) in [5.41, 5.74) is 0. The number of hydrogen-bond acceptors (Lipinski definition) is 3. The molecule has 8 heavy (non-hydrogen) atoms. The van der Waals surface area contributed by atoms with Gasteiger partial charge in [-0.15, -0.1) is 0 Å². The van der Waals surface area contributed by atoms with E-state index < -0.39 is 5.97 Å². The maximum absolute atomic E-state index is 10.2. The van der Waals surface area contributed by atoms with Crippen LogP contribution in [0.3, 0.4) is 0 Å². The van der Waals surface area contributed by atoms with Crippen LogP contribution >= 0.6 is 9.47 Å². The van der Waals surface area contributed by atoms with Crippen molar-refractivity contribution < 1.29 is 14.1 Å². The van der Waals surface area contributed by atoms with Crippen LogP contribution in [0.15, 0.2) is 0 Å². The summed E-state index contributed by atoms with van der Waals surface area (Å²) in [5.74, 6) is -0.694. The minimum absolute atomic E-state index is 0.135. The van der Waals surface area contributed by atoms with Crippen molar-refractivity contribution in [2.45, 2.75) is 13.3 Å². The Balaban J connectivity index is 3.40. The average Bonchev–Trinajstić information content (AvgIpc) is 1.65. The zero-order valence-corrected chi connectivity index (χ0v) is 5.66. The van der Waals surface area contributed by atoms with Crippen molar-refractivity contribution in [2.24, 2.45) is 0 Å². The third kappa shape index (κ3) is 3.75. The minimum atomic E-state index is -0.512. The van der Waals surface area contributed by atoms with Crippen LogP contribution in [0.1, 0.15) is 13.3 Å². The topological polar surface area (TPSA) is 43.4 Å². The maximum Gasteiger partial charge on any atom is 0.315 e. The van der Waals surface area contributed by atoms with Gasteiger partial charge in [-0.3, -0.25) is 9.59 Å². The first-order valence-corrected chi connectivity index (χ1v) is 2.53. The fraction of sp³-hybridized carbons (Fsp3) is 0.500. The van der Waals surface area contributed by atoms with Gasteiger partial charge < -0.3 is 4.52 Å². The Kier molecular flexibility index (Phi) is 3.37. The highest BCUT2D eigenvalue weighted by Gasteiger charge is 2.01. The first-order chi connectivity index (χ1) is 3.66. The second kappa shape index (κ2) is 3.56. The van der Waals surface area contributed by atoms with E-state index in [4.69, 9.17) is 0 Å². The molecular formula is C4H7O3P. The van der Waals surface area contributed by atoms with Gasteiger partial charge >= 0.3 is 5.97 Å². The number of rotatable bonds is 2. The van der Waals surface area contributed by atoms with Crippen LogP contribution in [0.5, 0.6) is 0 Å². The lowest BCUT2D eigenvalue weighted by Crippen LogP contribution is -2.02. The number of carbonyl (C=O) groups excluding carboxylic acids is 2. The van der Waals surface area contributed by atoms with Gasteiger partial charge in [-0.05, 0) is 6.92 Å². The molecule has 4 heteroatoms. The molecule has 0 aliphatic carbocycles. The summed E-state index contributed by atoms with van der Waals surface area (Å²) in [5, 5.41) is 0. The van der Waals surface area contributed by atoms with Crippen LogP contribution in [0.4, 0.5) is 0 Å². The standard InChI is InChI=1S/C4H7O3P/c1-3(5)2-4(6)7-8/h2,8H2,1H3. The average molecular weight is 134 g/mol. The largest absolute Gasteiger partial charge is 0.451 e. The zero-order valence-electron chi connectivity index (χ0n) is 4.51. The molecule has 3 nitrogen and oxygen atoms in total. The first kappa shape index (κ1) is 7.57. The summed E-state index contributed by atoms with van der Waals surface area (Å²) < 4.78 is 4.12. The summed E-state index contributed by atoms with van der Waals surface area (Å²) >= 11 is 0. The van der Waals surface area contributed by atoms with Crippen molar-refractivity contribution in [1.82, 2.24) is 0 Å². The predicted molar refractivity (Wildman–Crippen MR) is 31.1 cm³/mol. The SMILES string of the molecule is CC(=O)CC(=O)OP. The predicted octanol–water partition coefficient (Wildman–Crippen LogP) is 0.299. The molecule has 0 radical (unpaired) electrons. The monoisotopic (exact) mass is 134 g/mol. The molecule has 0 aromatic rings. The van der Waals surface area contributed by atoms with Gasteiger partial charge in [-0.25, -0.2) is 0 Å². The lowest BCUT2D eigenvalue weighted by molar-refractivity contribution is -0.136. The van der Waals surface area contributed by atoms with E-state index >= 15 is 0 Å². The molecule has 0 saturated heterocycles. The smallest absolute Gasteiger partial charge is 0.315 e. The molecule has 0 aliphatic heterocycles. The van der Waals surface area contributed by atoms with Crippen molar-refractivity contribution >= 4 is 21.2 Å². The van der Waals surface area contributed by atoms with Crippen LogP contribution in [0.2, 0.25) is 0 Å². The Labute approximate surface area is 49.7 Å². The molecule has 0 aromatic heterocycles. The Hall–Kier alpha value is -0.430. The second-order valence-electron chi connectivity index (χ2n) is 1.37. The van der Waals surface area contributed by atoms with E-state index in [0.717, 1.165) is 0 Å². The minimum Gasteiger partial charge on any atom is -0.451 e. The fourth-order valence-corrected chi connectivity index (χ4v) is 0.328. The molecule has 0 rings (SSSR count). The summed E-state index contributed by atoms with van der Waals surface area (Å²) in [6.07, 6.45) is -0.135. The number of carbonyl (C=O) groups is 2. The van der Waals surface area contributed by atoms with E-state index in [9.17, 15) is 9.59 Å². The summed E-state index contributed by atoms with van der Waals surface area (Å²) in [6.45, 7) is 1.33. The van der Waals surface area contributed by atoms with Gasteiger partial charge in [0, 0.05) is 0 Å². The highest BCUT2D eigenvalue weighted by atomic mass is 31.0. The number of ketones is 1. The molecular weight excluding hydrogens is 127 g/mol. The van der Waals surface area contributed by atoms with Crippen molar-refractivity contribution in [2.75, 3.05) is 0 Å². The Bertz CT molecular complexity index is 110. The normalized spacial score (nSPS) is 8.25. The van der Waals surface area contributed by atoms with Crippen LogP contribution in [0.25, 0.3) is 0 Å². The molecule has 0 aliphatic rings. The van der Waals surface area contributed by atoms with E-state index in [1.807, 2.05) is 0 Å². The zero-order chi connectivity index (χ0) is 6.57. The van der Waals surface area contributed by atoms with Gasteiger partial charge in [-0.1, -0.05) is 0 Å². The van der Waals surface area contributed by atoms with E-state index in [1.54, 1.807) is 9.47 Å². The van der Waals surface area contributed by atoms with Crippen LogP contribution in [0, 0.1) is 0 Å². The third-order valence-electron chi connectivity index (χ3n) is 0.525. The molecule has 46 valence electrons. The van der Waals surface area contributed by atoms with Gasteiger partial charge in [0.25, 0.3) is 0 Å². The highest BCUT2D eigenvalue weighted by Crippen LogP contribution is 1.91. The summed E-state index contributed by atoms with van der Waals surface area (Å²) in [7, 11) is 1.78. The number of Topliss-reactive ketones (excluding diaryl/α,β-unsaturated/α-hetero) is 1. The van der Waals surface area contributed by atoms with Crippen LogP contribution in [-0.2, 0) is 14.1 Å². The molecule has 0 bridgehead atoms. The summed E-state index contributed by atoms with van der Waals surface area (Å²) in [6, 6.07) is 0. The molecule has 1 unspecified atom stereocenters. The second-order valence-corrected chi connectivity index (χ2v) is 1.60. The van der Waals surface area contributed by atoms with Gasteiger partial charge in [0.1, 0.15) is 12.2 Å². The molecule has 1 atom stereocenters. The lowest BCUT2D eigenvalue weighted by atomic mass is 10.3. The molecule has 0 heterocycles. The fourth-order valence-electron chi connectivity index (χ4n) is 0.245. The molecule has 0 spiro atoms. The van der Waals surface area contributed by atoms with Gasteiger partial charge in [0.2, 0.25) is 0 Å². The van der Waals surface area contributed by atoms with E-state index in [2.05, 4.69) is 4.52 Å². The highest BCUT2D eigenvalue weighted by molar-refractivity contribution is 7.10.